The van der Waals surface area contributed by atoms with Gasteiger partial charge >= 0.3 is 6.03 Å². The number of halogens is 2. The lowest BCUT2D eigenvalue weighted by molar-refractivity contribution is -0.121. The van der Waals surface area contributed by atoms with Crippen LogP contribution in [0.15, 0.2) is 51.0 Å². The van der Waals surface area contributed by atoms with E-state index in [1.165, 1.54) is 7.05 Å². The second kappa shape index (κ2) is 8.79. The van der Waals surface area contributed by atoms with E-state index in [2.05, 4.69) is 37.2 Å². The summed E-state index contributed by atoms with van der Waals surface area (Å²) in [7, 11) is 1.43. The molecule has 1 fully saturated rings. The van der Waals surface area contributed by atoms with Crippen molar-refractivity contribution in [2.24, 2.45) is 0 Å². The fourth-order valence-corrected chi connectivity index (χ4v) is 3.26. The maximum absolute atomic E-state index is 12.1. The highest BCUT2D eigenvalue weighted by Gasteiger charge is 2.30. The summed E-state index contributed by atoms with van der Waals surface area (Å²) < 4.78 is 13.4. The maximum atomic E-state index is 12.1. The molecule has 0 unspecified atom stereocenters. The quantitative estimate of drug-likeness (QED) is 0.452. The van der Waals surface area contributed by atoms with E-state index in [0.717, 1.165) is 14.9 Å². The molecule has 8 heteroatoms. The van der Waals surface area contributed by atoms with Gasteiger partial charge in [0.1, 0.15) is 12.3 Å². The molecule has 3 amide bonds. The molecule has 1 aliphatic heterocycles. The molecule has 2 aromatic rings. The highest BCUT2D eigenvalue weighted by Crippen LogP contribution is 2.35. The Morgan fingerprint density at radius 1 is 1.07 bits per heavy atom. The van der Waals surface area contributed by atoms with Crippen LogP contribution < -0.4 is 14.8 Å². The maximum Gasteiger partial charge on any atom is 0.328 e. The third-order valence-electron chi connectivity index (χ3n) is 4.05. The first-order chi connectivity index (χ1) is 13.4. The molecule has 3 rings (SSSR count). The summed E-state index contributed by atoms with van der Waals surface area (Å²) in [5.41, 5.74) is 1.92. The van der Waals surface area contributed by atoms with Gasteiger partial charge in [0.15, 0.2) is 11.5 Å². The minimum absolute atomic E-state index is 0.208. The number of rotatable bonds is 6. The summed E-state index contributed by atoms with van der Waals surface area (Å²) in [4.78, 5) is 24.7. The molecule has 1 N–H and O–H groups in total. The zero-order valence-corrected chi connectivity index (χ0v) is 18.5. The fraction of sp³-hybridized carbons (Fsp3) is 0.200. The van der Waals surface area contributed by atoms with Crippen LogP contribution in [0, 0.1) is 0 Å². The Bertz CT molecular complexity index is 942. The Hall–Kier alpha value is -2.32. The number of carbonyl (C=O) groups excluding carboxylic acids is 2. The number of benzene rings is 2. The molecule has 0 atom stereocenters. The number of hydrogen-bond donors (Lipinski definition) is 1. The van der Waals surface area contributed by atoms with Gasteiger partial charge in [0.05, 0.1) is 6.61 Å². The fourth-order valence-electron chi connectivity index (χ4n) is 2.56. The van der Waals surface area contributed by atoms with E-state index < -0.39 is 6.03 Å². The standard InChI is InChI=1S/C20H18Br2N2O4/c1-3-27-17-9-13(8-16-19(25)24(2)20(26)23-16)15(22)10-18(17)28-11-12-4-6-14(21)7-5-12/h4-10H,3,11H2,1-2H3,(H,23,26)/b16-8+. The molecule has 28 heavy (non-hydrogen) atoms. The first-order valence-electron chi connectivity index (χ1n) is 8.53. The van der Waals surface area contributed by atoms with Crippen LogP contribution in [0.3, 0.4) is 0 Å². The third kappa shape index (κ3) is 4.56. The second-order valence-corrected chi connectivity index (χ2v) is 7.79. The van der Waals surface area contributed by atoms with Gasteiger partial charge in [-0.1, -0.05) is 44.0 Å². The Labute approximate surface area is 179 Å². The van der Waals surface area contributed by atoms with Gasteiger partial charge in [-0.05, 0) is 48.4 Å². The van der Waals surface area contributed by atoms with E-state index in [0.29, 0.717) is 34.7 Å². The van der Waals surface area contributed by atoms with Crippen molar-refractivity contribution < 1.29 is 19.1 Å². The number of ether oxygens (including phenoxy) is 2. The number of imide groups is 1. The van der Waals surface area contributed by atoms with Crippen molar-refractivity contribution >= 4 is 49.9 Å². The van der Waals surface area contributed by atoms with E-state index in [4.69, 9.17) is 9.47 Å². The van der Waals surface area contributed by atoms with Gasteiger partial charge in [-0.3, -0.25) is 9.69 Å². The van der Waals surface area contributed by atoms with Gasteiger partial charge in [-0.15, -0.1) is 0 Å². The molecule has 2 aromatic carbocycles. The molecule has 1 heterocycles. The zero-order chi connectivity index (χ0) is 20.3. The Kier molecular flexibility index (Phi) is 6.41. The van der Waals surface area contributed by atoms with Gasteiger partial charge < -0.3 is 14.8 Å². The third-order valence-corrected chi connectivity index (χ3v) is 5.27. The Balaban J connectivity index is 1.86. The molecule has 0 bridgehead atoms. The van der Waals surface area contributed by atoms with Gasteiger partial charge in [0.2, 0.25) is 0 Å². The average molecular weight is 510 g/mol. The number of carbonyl (C=O) groups is 2. The van der Waals surface area contributed by atoms with Crippen molar-refractivity contribution in [3.05, 3.63) is 62.2 Å². The van der Waals surface area contributed by atoms with E-state index >= 15 is 0 Å². The molecule has 1 aliphatic rings. The van der Waals surface area contributed by atoms with E-state index in [-0.39, 0.29) is 11.6 Å². The Morgan fingerprint density at radius 3 is 2.36 bits per heavy atom. The van der Waals surface area contributed by atoms with Crippen molar-refractivity contribution in [3.63, 3.8) is 0 Å². The molecule has 1 saturated heterocycles. The molecular formula is C20H18Br2N2O4. The lowest BCUT2D eigenvalue weighted by Gasteiger charge is -2.14. The molecule has 0 radical (unpaired) electrons. The van der Waals surface area contributed by atoms with Crippen LogP contribution >= 0.6 is 31.9 Å². The smallest absolute Gasteiger partial charge is 0.328 e. The highest BCUT2D eigenvalue weighted by molar-refractivity contribution is 9.10. The molecular weight excluding hydrogens is 492 g/mol. The van der Waals surface area contributed by atoms with Gasteiger partial charge in [0.25, 0.3) is 5.91 Å². The molecule has 0 spiro atoms. The molecule has 6 nitrogen and oxygen atoms in total. The number of nitrogens with one attached hydrogen (secondary N) is 1. The first kappa shape index (κ1) is 20.4. The SMILES string of the molecule is CCOc1cc(/C=C2/NC(=O)N(C)C2=O)c(Br)cc1OCc1ccc(Br)cc1. The van der Waals surface area contributed by atoms with Crippen LogP contribution in [0.1, 0.15) is 18.1 Å². The predicted octanol–water partition coefficient (Wildman–Crippen LogP) is 4.71. The summed E-state index contributed by atoms with van der Waals surface area (Å²) in [5.74, 6) is 0.753. The van der Waals surface area contributed by atoms with Crippen LogP contribution in [-0.2, 0) is 11.4 Å². The lowest BCUT2D eigenvalue weighted by Crippen LogP contribution is -2.25. The van der Waals surface area contributed by atoms with Crippen LogP contribution in [0.2, 0.25) is 0 Å². The van der Waals surface area contributed by atoms with Crippen molar-refractivity contribution in [3.8, 4) is 11.5 Å². The summed E-state index contributed by atoms with van der Waals surface area (Å²) >= 11 is 6.91. The predicted molar refractivity (Wildman–Crippen MR) is 113 cm³/mol. The average Bonchev–Trinajstić information content (AvgIpc) is 2.91. The number of nitrogens with zero attached hydrogens (tertiary/aromatic N) is 1. The number of urea groups is 1. The van der Waals surface area contributed by atoms with Crippen LogP contribution in [0.25, 0.3) is 6.08 Å². The zero-order valence-electron chi connectivity index (χ0n) is 15.3. The van der Waals surface area contributed by atoms with Crippen molar-refractivity contribution in [2.45, 2.75) is 13.5 Å². The minimum Gasteiger partial charge on any atom is -0.490 e. The number of amides is 3. The summed E-state index contributed by atoms with van der Waals surface area (Å²) in [6.45, 7) is 2.73. The lowest BCUT2D eigenvalue weighted by atomic mass is 10.1. The minimum atomic E-state index is -0.452. The van der Waals surface area contributed by atoms with E-state index in [1.807, 2.05) is 31.2 Å². The number of hydrogen-bond acceptors (Lipinski definition) is 4. The van der Waals surface area contributed by atoms with E-state index in [9.17, 15) is 9.59 Å². The van der Waals surface area contributed by atoms with Gasteiger partial charge in [-0.25, -0.2) is 4.79 Å². The van der Waals surface area contributed by atoms with Crippen LogP contribution in [0.5, 0.6) is 11.5 Å². The van der Waals surface area contributed by atoms with Crippen molar-refractivity contribution in [2.75, 3.05) is 13.7 Å². The van der Waals surface area contributed by atoms with Crippen molar-refractivity contribution in [1.29, 1.82) is 0 Å². The largest absolute Gasteiger partial charge is 0.490 e. The van der Waals surface area contributed by atoms with Gasteiger partial charge in [-0.2, -0.15) is 0 Å². The molecule has 0 aromatic heterocycles. The van der Waals surface area contributed by atoms with Crippen molar-refractivity contribution in [1.82, 2.24) is 10.2 Å². The van der Waals surface area contributed by atoms with Gasteiger partial charge in [0, 0.05) is 16.0 Å². The number of likely N-dealkylation sites (N-methyl/N-ethyl adjacent to an activating group) is 1. The summed E-state index contributed by atoms with van der Waals surface area (Å²) in [6.07, 6.45) is 1.61. The monoisotopic (exact) mass is 508 g/mol. The highest BCUT2D eigenvalue weighted by atomic mass is 79.9. The topological polar surface area (TPSA) is 67.9 Å². The molecule has 0 saturated carbocycles. The Morgan fingerprint density at radius 2 is 1.75 bits per heavy atom. The van der Waals surface area contributed by atoms with Crippen LogP contribution in [-0.4, -0.2) is 30.5 Å². The first-order valence-corrected chi connectivity index (χ1v) is 10.1. The summed E-state index contributed by atoms with van der Waals surface area (Å²) in [6, 6.07) is 11.0. The molecule has 0 aliphatic carbocycles. The summed E-state index contributed by atoms with van der Waals surface area (Å²) in [5, 5.41) is 2.55. The van der Waals surface area contributed by atoms with Crippen LogP contribution in [0.4, 0.5) is 4.79 Å². The second-order valence-electron chi connectivity index (χ2n) is 6.02. The normalized spacial score (nSPS) is 15.1. The molecule has 146 valence electrons. The van der Waals surface area contributed by atoms with E-state index in [1.54, 1.807) is 18.2 Å².